The molecule has 1 aromatic rings. The molecular weight excluding hydrogens is 246 g/mol. The molecule has 1 aromatic carbocycles. The number of aliphatic hydroxyl groups excluding tert-OH is 1. The molecule has 0 amide bonds. The van der Waals surface area contributed by atoms with Crippen molar-refractivity contribution in [3.63, 3.8) is 0 Å². The van der Waals surface area contributed by atoms with Crippen molar-refractivity contribution in [3.05, 3.63) is 35.4 Å². The lowest BCUT2D eigenvalue weighted by atomic mass is 9.84. The predicted molar refractivity (Wildman–Crippen MR) is 84.8 cm³/mol. The van der Waals surface area contributed by atoms with Crippen LogP contribution in [0.25, 0.3) is 0 Å². The summed E-state index contributed by atoms with van der Waals surface area (Å²) in [4.78, 5) is 2.51. The highest BCUT2D eigenvalue weighted by molar-refractivity contribution is 5.32. The van der Waals surface area contributed by atoms with Gasteiger partial charge in [0.05, 0.1) is 6.10 Å². The van der Waals surface area contributed by atoms with E-state index in [-0.39, 0.29) is 12.1 Å². The van der Waals surface area contributed by atoms with Crippen molar-refractivity contribution in [2.75, 3.05) is 13.1 Å². The van der Waals surface area contributed by atoms with Crippen molar-refractivity contribution >= 4 is 0 Å². The van der Waals surface area contributed by atoms with E-state index in [9.17, 15) is 5.11 Å². The first-order valence-corrected chi connectivity index (χ1v) is 7.99. The first-order chi connectivity index (χ1) is 9.49. The van der Waals surface area contributed by atoms with Gasteiger partial charge in [-0.2, -0.15) is 0 Å². The van der Waals surface area contributed by atoms with Crippen LogP contribution >= 0.6 is 0 Å². The molecule has 2 unspecified atom stereocenters. The Kier molecular flexibility index (Phi) is 5.22. The molecule has 0 saturated heterocycles. The average Bonchev–Trinajstić information content (AvgIpc) is 2.37. The monoisotopic (exact) mass is 275 g/mol. The van der Waals surface area contributed by atoms with Gasteiger partial charge in [0.15, 0.2) is 0 Å². The molecular formula is C18H29NO. The summed E-state index contributed by atoms with van der Waals surface area (Å²) < 4.78 is 0. The Morgan fingerprint density at radius 3 is 2.30 bits per heavy atom. The van der Waals surface area contributed by atoms with E-state index < -0.39 is 0 Å². The van der Waals surface area contributed by atoms with Gasteiger partial charge in [-0.1, -0.05) is 52.0 Å². The number of fused-ring (bicyclic) bond motifs is 1. The van der Waals surface area contributed by atoms with E-state index in [1.165, 1.54) is 5.56 Å². The van der Waals surface area contributed by atoms with Crippen molar-refractivity contribution in [1.29, 1.82) is 0 Å². The van der Waals surface area contributed by atoms with Crippen LogP contribution in [0.4, 0.5) is 0 Å². The Morgan fingerprint density at radius 2 is 1.70 bits per heavy atom. The molecule has 20 heavy (non-hydrogen) atoms. The van der Waals surface area contributed by atoms with Crippen molar-refractivity contribution in [2.24, 2.45) is 11.8 Å². The smallest absolute Gasteiger partial charge is 0.0947 e. The number of hydrogen-bond acceptors (Lipinski definition) is 2. The molecule has 0 heterocycles. The van der Waals surface area contributed by atoms with Crippen LogP contribution in [0, 0.1) is 11.8 Å². The molecule has 0 saturated carbocycles. The minimum atomic E-state index is -0.336. The Morgan fingerprint density at radius 1 is 1.10 bits per heavy atom. The zero-order valence-electron chi connectivity index (χ0n) is 13.3. The Labute approximate surface area is 123 Å². The van der Waals surface area contributed by atoms with E-state index >= 15 is 0 Å². The van der Waals surface area contributed by atoms with E-state index in [1.807, 2.05) is 6.07 Å². The maximum absolute atomic E-state index is 10.8. The summed E-state index contributed by atoms with van der Waals surface area (Å²) in [7, 11) is 0. The molecule has 112 valence electrons. The lowest BCUT2D eigenvalue weighted by Gasteiger charge is -2.40. The Hall–Kier alpha value is -0.860. The fraction of sp³-hybridized carbons (Fsp3) is 0.667. The lowest BCUT2D eigenvalue weighted by Crippen LogP contribution is -2.45. The summed E-state index contributed by atoms with van der Waals surface area (Å²) in [6.45, 7) is 11.2. The number of hydrogen-bond donors (Lipinski definition) is 1. The molecule has 2 nitrogen and oxygen atoms in total. The van der Waals surface area contributed by atoms with E-state index in [0.29, 0.717) is 11.8 Å². The van der Waals surface area contributed by atoms with Crippen LogP contribution in [0.2, 0.25) is 0 Å². The molecule has 0 aromatic heterocycles. The van der Waals surface area contributed by atoms with Gasteiger partial charge >= 0.3 is 0 Å². The third-order valence-corrected chi connectivity index (χ3v) is 4.12. The second kappa shape index (κ2) is 6.73. The zero-order valence-corrected chi connectivity index (χ0v) is 13.3. The summed E-state index contributed by atoms with van der Waals surface area (Å²) >= 11 is 0. The summed E-state index contributed by atoms with van der Waals surface area (Å²) in [6.07, 6.45) is 1.82. The first-order valence-electron chi connectivity index (χ1n) is 7.99. The molecule has 0 bridgehead atoms. The largest absolute Gasteiger partial charge is 0.387 e. The normalized spacial score (nSPS) is 22.6. The Bertz CT molecular complexity index is 417. The van der Waals surface area contributed by atoms with Crippen molar-refractivity contribution in [2.45, 2.75) is 52.7 Å². The zero-order chi connectivity index (χ0) is 14.7. The highest BCUT2D eigenvalue weighted by atomic mass is 16.3. The fourth-order valence-corrected chi connectivity index (χ4v) is 3.38. The van der Waals surface area contributed by atoms with Crippen LogP contribution < -0.4 is 0 Å². The molecule has 0 radical (unpaired) electrons. The molecule has 1 aliphatic carbocycles. The van der Waals surface area contributed by atoms with Crippen LogP contribution in [-0.2, 0) is 6.42 Å². The average molecular weight is 275 g/mol. The number of aryl methyl sites for hydroxylation is 1. The molecule has 1 N–H and O–H groups in total. The molecule has 0 aliphatic heterocycles. The maximum Gasteiger partial charge on any atom is 0.0947 e. The SMILES string of the molecule is CC(C)CN(CC(C)C)C1CCc2ccccc2C1O. The van der Waals surface area contributed by atoms with E-state index in [0.717, 1.165) is 31.5 Å². The molecule has 1 aliphatic rings. The summed E-state index contributed by atoms with van der Waals surface area (Å²) in [5.74, 6) is 1.27. The van der Waals surface area contributed by atoms with Crippen LogP contribution in [0.1, 0.15) is 51.3 Å². The molecule has 2 rings (SSSR count). The number of benzene rings is 1. The second-order valence-corrected chi connectivity index (χ2v) is 6.99. The van der Waals surface area contributed by atoms with Crippen LogP contribution in [-0.4, -0.2) is 29.1 Å². The molecule has 2 heteroatoms. The van der Waals surface area contributed by atoms with Gasteiger partial charge in [-0.3, -0.25) is 4.90 Å². The van der Waals surface area contributed by atoms with E-state index in [4.69, 9.17) is 0 Å². The standard InChI is InChI=1S/C18H29NO/c1-13(2)11-19(12-14(3)4)17-10-9-15-7-5-6-8-16(15)18(17)20/h5-8,13-14,17-18,20H,9-12H2,1-4H3. The van der Waals surface area contributed by atoms with Crippen LogP contribution in [0.3, 0.4) is 0 Å². The summed E-state index contributed by atoms with van der Waals surface area (Å²) in [5.41, 5.74) is 2.46. The molecule has 2 atom stereocenters. The van der Waals surface area contributed by atoms with Crippen LogP contribution in [0.15, 0.2) is 24.3 Å². The van der Waals surface area contributed by atoms with Gasteiger partial charge in [-0.25, -0.2) is 0 Å². The molecule has 0 fully saturated rings. The molecule has 0 spiro atoms. The highest BCUT2D eigenvalue weighted by Gasteiger charge is 2.32. The van der Waals surface area contributed by atoms with Gasteiger partial charge < -0.3 is 5.11 Å². The Balaban J connectivity index is 2.18. The fourth-order valence-electron chi connectivity index (χ4n) is 3.38. The quantitative estimate of drug-likeness (QED) is 0.886. The topological polar surface area (TPSA) is 23.5 Å². The van der Waals surface area contributed by atoms with Gasteiger partial charge in [0.25, 0.3) is 0 Å². The van der Waals surface area contributed by atoms with Gasteiger partial charge in [0.1, 0.15) is 0 Å². The van der Waals surface area contributed by atoms with Crippen molar-refractivity contribution in [1.82, 2.24) is 4.90 Å². The summed E-state index contributed by atoms with van der Waals surface area (Å²) in [6, 6.07) is 8.64. The van der Waals surface area contributed by atoms with E-state index in [1.54, 1.807) is 0 Å². The van der Waals surface area contributed by atoms with Gasteiger partial charge in [0.2, 0.25) is 0 Å². The van der Waals surface area contributed by atoms with Crippen molar-refractivity contribution in [3.8, 4) is 0 Å². The first kappa shape index (κ1) is 15.5. The third-order valence-electron chi connectivity index (χ3n) is 4.12. The van der Waals surface area contributed by atoms with Gasteiger partial charge in [-0.05, 0) is 35.8 Å². The summed E-state index contributed by atoms with van der Waals surface area (Å²) in [5, 5.41) is 10.8. The van der Waals surface area contributed by atoms with Gasteiger partial charge in [0, 0.05) is 19.1 Å². The van der Waals surface area contributed by atoms with Crippen LogP contribution in [0.5, 0.6) is 0 Å². The second-order valence-electron chi connectivity index (χ2n) is 6.99. The number of aliphatic hydroxyl groups is 1. The number of rotatable bonds is 5. The maximum atomic E-state index is 10.8. The third kappa shape index (κ3) is 3.62. The predicted octanol–water partition coefficient (Wildman–Crippen LogP) is 3.65. The highest BCUT2D eigenvalue weighted by Crippen LogP contribution is 2.33. The van der Waals surface area contributed by atoms with Gasteiger partial charge in [-0.15, -0.1) is 0 Å². The van der Waals surface area contributed by atoms with Crippen molar-refractivity contribution < 1.29 is 5.11 Å². The lowest BCUT2D eigenvalue weighted by molar-refractivity contribution is 0.0238. The minimum absolute atomic E-state index is 0.273. The van der Waals surface area contributed by atoms with E-state index in [2.05, 4.69) is 50.8 Å². The minimum Gasteiger partial charge on any atom is -0.387 e. The number of nitrogens with zero attached hydrogens (tertiary/aromatic N) is 1.